The second-order valence-electron chi connectivity index (χ2n) is 4.21. The van der Waals surface area contributed by atoms with Gasteiger partial charge in [-0.3, -0.25) is 0 Å². The Morgan fingerprint density at radius 3 is 2.71 bits per heavy atom. The quantitative estimate of drug-likeness (QED) is 0.814. The van der Waals surface area contributed by atoms with Crippen molar-refractivity contribution in [1.29, 1.82) is 0 Å². The van der Waals surface area contributed by atoms with Crippen molar-refractivity contribution in [3.8, 4) is 5.75 Å². The van der Waals surface area contributed by atoms with Crippen molar-refractivity contribution in [1.82, 2.24) is 0 Å². The standard InChI is InChI=1S/C15H17NO/c1-11(2)10-17-15-8-7-12-5-3-4-6-13(12)14(15)9-16/h3-8H,1,9-10,16H2,2H3. The molecular formula is C15H17NO. The van der Waals surface area contributed by atoms with Crippen molar-refractivity contribution in [3.05, 3.63) is 54.1 Å². The molecule has 2 N–H and O–H groups in total. The Balaban J connectivity index is 2.45. The number of ether oxygens (including phenoxy) is 1. The SMILES string of the molecule is C=C(C)COc1ccc2ccccc2c1CN. The van der Waals surface area contributed by atoms with E-state index in [0.29, 0.717) is 13.2 Å². The van der Waals surface area contributed by atoms with Crippen molar-refractivity contribution >= 4 is 10.8 Å². The molecule has 88 valence electrons. The molecule has 0 radical (unpaired) electrons. The van der Waals surface area contributed by atoms with Gasteiger partial charge in [0.15, 0.2) is 0 Å². The summed E-state index contributed by atoms with van der Waals surface area (Å²) in [6.07, 6.45) is 0. The molecule has 0 fully saturated rings. The molecular weight excluding hydrogens is 210 g/mol. The molecule has 0 saturated heterocycles. The van der Waals surface area contributed by atoms with Crippen molar-refractivity contribution in [2.75, 3.05) is 6.61 Å². The normalized spacial score (nSPS) is 10.5. The van der Waals surface area contributed by atoms with E-state index in [1.54, 1.807) is 0 Å². The van der Waals surface area contributed by atoms with Gasteiger partial charge in [0.2, 0.25) is 0 Å². The Morgan fingerprint density at radius 2 is 2.00 bits per heavy atom. The molecule has 2 rings (SSSR count). The van der Waals surface area contributed by atoms with Crippen LogP contribution in [-0.4, -0.2) is 6.61 Å². The van der Waals surface area contributed by atoms with Crippen LogP contribution in [-0.2, 0) is 6.54 Å². The van der Waals surface area contributed by atoms with Crippen LogP contribution in [0, 0.1) is 0 Å². The maximum atomic E-state index is 5.82. The first-order valence-electron chi connectivity index (χ1n) is 5.70. The number of fused-ring (bicyclic) bond motifs is 1. The summed E-state index contributed by atoms with van der Waals surface area (Å²) < 4.78 is 5.72. The molecule has 0 spiro atoms. The minimum absolute atomic E-state index is 0.479. The lowest BCUT2D eigenvalue weighted by Crippen LogP contribution is -2.04. The topological polar surface area (TPSA) is 35.2 Å². The van der Waals surface area contributed by atoms with Crippen molar-refractivity contribution < 1.29 is 4.74 Å². The lowest BCUT2D eigenvalue weighted by molar-refractivity contribution is 0.349. The first kappa shape index (κ1) is 11.7. The minimum Gasteiger partial charge on any atom is -0.489 e. The summed E-state index contributed by atoms with van der Waals surface area (Å²) in [5, 5.41) is 2.35. The maximum absolute atomic E-state index is 5.82. The van der Waals surface area contributed by atoms with Crippen LogP contribution in [0.2, 0.25) is 0 Å². The Kier molecular flexibility index (Phi) is 3.45. The van der Waals surface area contributed by atoms with Crippen molar-refractivity contribution in [3.63, 3.8) is 0 Å². The van der Waals surface area contributed by atoms with Crippen LogP contribution in [0.1, 0.15) is 12.5 Å². The molecule has 0 aromatic heterocycles. The Bertz CT molecular complexity index is 546. The summed E-state index contributed by atoms with van der Waals surface area (Å²) in [6.45, 7) is 6.79. The maximum Gasteiger partial charge on any atom is 0.124 e. The second kappa shape index (κ2) is 5.02. The first-order chi connectivity index (χ1) is 8.22. The van der Waals surface area contributed by atoms with E-state index in [9.17, 15) is 0 Å². The zero-order chi connectivity index (χ0) is 12.3. The van der Waals surface area contributed by atoms with E-state index in [-0.39, 0.29) is 0 Å². The zero-order valence-electron chi connectivity index (χ0n) is 10.1. The fourth-order valence-electron chi connectivity index (χ4n) is 1.86. The molecule has 17 heavy (non-hydrogen) atoms. The molecule has 0 bridgehead atoms. The molecule has 0 aliphatic carbocycles. The van der Waals surface area contributed by atoms with Crippen molar-refractivity contribution in [2.24, 2.45) is 5.73 Å². The number of hydrogen-bond acceptors (Lipinski definition) is 2. The lowest BCUT2D eigenvalue weighted by atomic mass is 10.0. The van der Waals surface area contributed by atoms with Crippen LogP contribution in [0.3, 0.4) is 0 Å². The molecule has 2 nitrogen and oxygen atoms in total. The third-order valence-corrected chi connectivity index (χ3v) is 2.68. The predicted molar refractivity (Wildman–Crippen MR) is 72.1 cm³/mol. The van der Waals surface area contributed by atoms with E-state index < -0.39 is 0 Å². The average molecular weight is 227 g/mol. The molecule has 2 heteroatoms. The van der Waals surface area contributed by atoms with E-state index in [4.69, 9.17) is 10.5 Å². The molecule has 0 amide bonds. The third kappa shape index (κ3) is 2.48. The fraction of sp³-hybridized carbons (Fsp3) is 0.200. The van der Waals surface area contributed by atoms with Gasteiger partial charge in [-0.1, -0.05) is 36.9 Å². The largest absolute Gasteiger partial charge is 0.489 e. The van der Waals surface area contributed by atoms with Crippen LogP contribution in [0.5, 0.6) is 5.75 Å². The Hall–Kier alpha value is -1.80. The number of nitrogens with two attached hydrogens (primary N) is 1. The van der Waals surface area contributed by atoms with Gasteiger partial charge in [0, 0.05) is 12.1 Å². The molecule has 0 unspecified atom stereocenters. The number of hydrogen-bond donors (Lipinski definition) is 1. The zero-order valence-corrected chi connectivity index (χ0v) is 10.1. The molecule has 0 aliphatic heterocycles. The summed E-state index contributed by atoms with van der Waals surface area (Å²) in [7, 11) is 0. The highest BCUT2D eigenvalue weighted by Crippen LogP contribution is 2.27. The van der Waals surface area contributed by atoms with Crippen LogP contribution in [0.4, 0.5) is 0 Å². The lowest BCUT2D eigenvalue weighted by Gasteiger charge is -2.12. The van der Waals surface area contributed by atoms with E-state index in [1.807, 2.05) is 25.1 Å². The monoisotopic (exact) mass is 227 g/mol. The molecule has 0 aliphatic rings. The van der Waals surface area contributed by atoms with Gasteiger partial charge in [0.1, 0.15) is 12.4 Å². The van der Waals surface area contributed by atoms with E-state index in [0.717, 1.165) is 22.3 Å². The third-order valence-electron chi connectivity index (χ3n) is 2.68. The van der Waals surface area contributed by atoms with Crippen LogP contribution in [0.15, 0.2) is 48.6 Å². The van der Waals surface area contributed by atoms with Gasteiger partial charge in [-0.15, -0.1) is 0 Å². The van der Waals surface area contributed by atoms with Gasteiger partial charge in [-0.05, 0) is 29.3 Å². The van der Waals surface area contributed by atoms with Gasteiger partial charge in [-0.25, -0.2) is 0 Å². The van der Waals surface area contributed by atoms with Gasteiger partial charge in [0.05, 0.1) is 0 Å². The molecule has 0 saturated carbocycles. The molecule has 0 atom stereocenters. The van der Waals surface area contributed by atoms with Crippen LogP contribution >= 0.6 is 0 Å². The van der Waals surface area contributed by atoms with Crippen molar-refractivity contribution in [2.45, 2.75) is 13.5 Å². The smallest absolute Gasteiger partial charge is 0.124 e. The van der Waals surface area contributed by atoms with Crippen LogP contribution in [0.25, 0.3) is 10.8 Å². The van der Waals surface area contributed by atoms with Gasteiger partial charge in [0.25, 0.3) is 0 Å². The highest BCUT2D eigenvalue weighted by atomic mass is 16.5. The summed E-state index contributed by atoms with van der Waals surface area (Å²) >= 11 is 0. The van der Waals surface area contributed by atoms with E-state index in [1.165, 1.54) is 5.39 Å². The fourth-order valence-corrected chi connectivity index (χ4v) is 1.86. The van der Waals surface area contributed by atoms with E-state index >= 15 is 0 Å². The van der Waals surface area contributed by atoms with E-state index in [2.05, 4.69) is 24.8 Å². The highest BCUT2D eigenvalue weighted by Gasteiger charge is 2.06. The summed E-state index contributed by atoms with van der Waals surface area (Å²) in [5.41, 5.74) is 7.88. The Labute approximate surface area is 102 Å². The summed E-state index contributed by atoms with van der Waals surface area (Å²) in [6, 6.07) is 12.2. The Morgan fingerprint density at radius 1 is 1.24 bits per heavy atom. The highest BCUT2D eigenvalue weighted by molar-refractivity contribution is 5.87. The average Bonchev–Trinajstić information content (AvgIpc) is 2.35. The minimum atomic E-state index is 0.479. The molecule has 0 heterocycles. The first-order valence-corrected chi connectivity index (χ1v) is 5.70. The molecule has 2 aromatic carbocycles. The van der Waals surface area contributed by atoms with Crippen LogP contribution < -0.4 is 10.5 Å². The number of rotatable bonds is 4. The predicted octanol–water partition coefficient (Wildman–Crippen LogP) is 3.25. The van der Waals surface area contributed by atoms with Gasteiger partial charge in [-0.2, -0.15) is 0 Å². The summed E-state index contributed by atoms with van der Waals surface area (Å²) in [5.74, 6) is 0.856. The summed E-state index contributed by atoms with van der Waals surface area (Å²) in [4.78, 5) is 0. The number of benzene rings is 2. The molecule has 2 aromatic rings. The second-order valence-corrected chi connectivity index (χ2v) is 4.21. The van der Waals surface area contributed by atoms with Gasteiger partial charge >= 0.3 is 0 Å². The van der Waals surface area contributed by atoms with Gasteiger partial charge < -0.3 is 10.5 Å².